The zero-order chi connectivity index (χ0) is 13.4. The molecule has 2 aromatic rings. The van der Waals surface area contributed by atoms with Gasteiger partial charge in [0.15, 0.2) is 0 Å². The highest BCUT2D eigenvalue weighted by Crippen LogP contribution is 2.37. The number of halogens is 1. The predicted octanol–water partition coefficient (Wildman–Crippen LogP) is 4.83. The number of fused-ring (bicyclic) bond motifs is 1. The molecular formula is C16H21ClN2. The van der Waals surface area contributed by atoms with Crippen LogP contribution >= 0.6 is 11.6 Å². The lowest BCUT2D eigenvalue weighted by Crippen LogP contribution is -2.22. The van der Waals surface area contributed by atoms with Crippen molar-refractivity contribution in [1.29, 1.82) is 0 Å². The van der Waals surface area contributed by atoms with E-state index in [0.717, 1.165) is 11.3 Å². The van der Waals surface area contributed by atoms with Gasteiger partial charge in [-0.2, -0.15) is 0 Å². The van der Waals surface area contributed by atoms with E-state index < -0.39 is 0 Å². The molecule has 1 heterocycles. The van der Waals surface area contributed by atoms with Crippen LogP contribution in [-0.2, 0) is 5.88 Å². The second-order valence-electron chi connectivity index (χ2n) is 5.80. The van der Waals surface area contributed by atoms with Crippen LogP contribution in [0.1, 0.15) is 50.0 Å². The highest BCUT2D eigenvalue weighted by Gasteiger charge is 2.26. The first-order valence-corrected chi connectivity index (χ1v) is 7.78. The van der Waals surface area contributed by atoms with Crippen molar-refractivity contribution in [2.45, 2.75) is 51.5 Å². The Hall–Kier alpha value is -1.02. The molecule has 2 atom stereocenters. The molecule has 1 aromatic heterocycles. The van der Waals surface area contributed by atoms with Gasteiger partial charge in [-0.15, -0.1) is 11.6 Å². The summed E-state index contributed by atoms with van der Waals surface area (Å²) in [6.07, 6.45) is 5.25. The molecule has 0 amide bonds. The summed E-state index contributed by atoms with van der Waals surface area (Å²) in [5.41, 5.74) is 3.68. The number of nitrogens with zero attached hydrogens (tertiary/aromatic N) is 2. The van der Waals surface area contributed by atoms with Crippen LogP contribution < -0.4 is 0 Å². The smallest absolute Gasteiger partial charge is 0.125 e. The average molecular weight is 277 g/mol. The Bertz CT molecular complexity index is 588. The number of alkyl halides is 1. The molecule has 0 saturated heterocycles. The molecular weight excluding hydrogens is 256 g/mol. The predicted molar refractivity (Wildman–Crippen MR) is 80.7 cm³/mol. The van der Waals surface area contributed by atoms with E-state index in [2.05, 4.69) is 36.6 Å². The Morgan fingerprint density at radius 3 is 2.84 bits per heavy atom. The molecule has 19 heavy (non-hydrogen) atoms. The van der Waals surface area contributed by atoms with Crippen molar-refractivity contribution in [3.05, 3.63) is 29.6 Å². The molecule has 1 aromatic carbocycles. The lowest BCUT2D eigenvalue weighted by atomic mass is 9.85. The lowest BCUT2D eigenvalue weighted by Gasteiger charge is -2.31. The first-order valence-electron chi connectivity index (χ1n) is 7.24. The van der Waals surface area contributed by atoms with Gasteiger partial charge in [0, 0.05) is 6.04 Å². The first kappa shape index (κ1) is 13.0. The van der Waals surface area contributed by atoms with Gasteiger partial charge in [-0.1, -0.05) is 31.9 Å². The molecule has 1 fully saturated rings. The van der Waals surface area contributed by atoms with Crippen LogP contribution in [0.2, 0.25) is 0 Å². The van der Waals surface area contributed by atoms with Gasteiger partial charge in [-0.3, -0.25) is 0 Å². The normalized spacial score (nSPS) is 23.9. The number of hydrogen-bond acceptors (Lipinski definition) is 1. The van der Waals surface area contributed by atoms with Crippen LogP contribution in [0, 0.1) is 12.8 Å². The number of aromatic nitrogens is 2. The standard InChI is InChI=1S/C16H21ClN2/c1-11-6-3-4-9-14(11)19-15(10-17)18-13-8-5-7-12(2)16(13)19/h5,7-8,11,14H,3-4,6,9-10H2,1-2H3. The van der Waals surface area contributed by atoms with Crippen molar-refractivity contribution < 1.29 is 0 Å². The molecule has 1 saturated carbocycles. The van der Waals surface area contributed by atoms with Crippen molar-refractivity contribution in [2.24, 2.45) is 5.92 Å². The highest BCUT2D eigenvalue weighted by atomic mass is 35.5. The van der Waals surface area contributed by atoms with Crippen LogP contribution in [0.25, 0.3) is 11.0 Å². The summed E-state index contributed by atoms with van der Waals surface area (Å²) >= 11 is 6.14. The molecule has 102 valence electrons. The third kappa shape index (κ3) is 2.16. The largest absolute Gasteiger partial charge is 0.323 e. The quantitative estimate of drug-likeness (QED) is 0.718. The molecule has 1 aliphatic rings. The van der Waals surface area contributed by atoms with Crippen LogP contribution in [-0.4, -0.2) is 9.55 Å². The van der Waals surface area contributed by atoms with Crippen LogP contribution in [0.5, 0.6) is 0 Å². The van der Waals surface area contributed by atoms with E-state index in [1.807, 2.05) is 0 Å². The summed E-state index contributed by atoms with van der Waals surface area (Å²) in [6.45, 7) is 4.54. The topological polar surface area (TPSA) is 17.8 Å². The molecule has 3 heteroatoms. The molecule has 0 radical (unpaired) electrons. The molecule has 0 bridgehead atoms. The van der Waals surface area contributed by atoms with Crippen molar-refractivity contribution >= 4 is 22.6 Å². The van der Waals surface area contributed by atoms with Gasteiger partial charge < -0.3 is 4.57 Å². The van der Waals surface area contributed by atoms with Crippen molar-refractivity contribution in [1.82, 2.24) is 9.55 Å². The Morgan fingerprint density at radius 1 is 1.32 bits per heavy atom. The lowest BCUT2D eigenvalue weighted by molar-refractivity contribution is 0.258. The fraction of sp³-hybridized carbons (Fsp3) is 0.562. The Labute approximate surface area is 119 Å². The molecule has 0 spiro atoms. The molecule has 1 aliphatic carbocycles. The van der Waals surface area contributed by atoms with Gasteiger partial charge in [-0.05, 0) is 37.3 Å². The number of para-hydroxylation sites is 1. The van der Waals surface area contributed by atoms with Crippen LogP contribution in [0.3, 0.4) is 0 Å². The Kier molecular flexibility index (Phi) is 3.53. The van der Waals surface area contributed by atoms with Gasteiger partial charge in [0.05, 0.1) is 16.9 Å². The molecule has 3 rings (SSSR count). The minimum Gasteiger partial charge on any atom is -0.323 e. The van der Waals surface area contributed by atoms with Gasteiger partial charge in [0.2, 0.25) is 0 Å². The molecule has 2 unspecified atom stereocenters. The monoisotopic (exact) mass is 276 g/mol. The number of aryl methyl sites for hydroxylation is 1. The fourth-order valence-corrected chi connectivity index (χ4v) is 3.69. The van der Waals surface area contributed by atoms with E-state index in [9.17, 15) is 0 Å². The maximum absolute atomic E-state index is 6.14. The molecule has 2 nitrogen and oxygen atoms in total. The van der Waals surface area contributed by atoms with E-state index in [0.29, 0.717) is 17.8 Å². The highest BCUT2D eigenvalue weighted by molar-refractivity contribution is 6.16. The number of hydrogen-bond donors (Lipinski definition) is 0. The summed E-state index contributed by atoms with van der Waals surface area (Å²) in [6, 6.07) is 6.92. The minimum absolute atomic E-state index is 0.497. The van der Waals surface area contributed by atoms with E-state index in [1.54, 1.807) is 0 Å². The van der Waals surface area contributed by atoms with Gasteiger partial charge in [-0.25, -0.2) is 4.98 Å². The van der Waals surface area contributed by atoms with Gasteiger partial charge in [0.1, 0.15) is 5.82 Å². The van der Waals surface area contributed by atoms with Crippen molar-refractivity contribution in [3.63, 3.8) is 0 Å². The van der Waals surface area contributed by atoms with Crippen molar-refractivity contribution in [3.8, 4) is 0 Å². The second kappa shape index (κ2) is 5.16. The third-order valence-electron chi connectivity index (χ3n) is 4.50. The average Bonchev–Trinajstić information content (AvgIpc) is 2.79. The third-order valence-corrected chi connectivity index (χ3v) is 4.74. The summed E-state index contributed by atoms with van der Waals surface area (Å²) in [5.74, 6) is 2.24. The zero-order valence-electron chi connectivity index (χ0n) is 11.7. The van der Waals surface area contributed by atoms with Crippen molar-refractivity contribution in [2.75, 3.05) is 0 Å². The van der Waals surface area contributed by atoms with Crippen LogP contribution in [0.15, 0.2) is 18.2 Å². The maximum atomic E-state index is 6.14. The Balaban J connectivity index is 2.20. The van der Waals surface area contributed by atoms with E-state index in [-0.39, 0.29) is 0 Å². The molecule has 0 aliphatic heterocycles. The maximum Gasteiger partial charge on any atom is 0.125 e. The summed E-state index contributed by atoms with van der Waals surface area (Å²) in [4.78, 5) is 4.73. The summed E-state index contributed by atoms with van der Waals surface area (Å²) in [5, 5.41) is 0. The SMILES string of the molecule is Cc1cccc2nc(CCl)n(C3CCCCC3C)c12. The second-order valence-corrected chi connectivity index (χ2v) is 6.07. The van der Waals surface area contributed by atoms with Crippen LogP contribution in [0.4, 0.5) is 0 Å². The number of rotatable bonds is 2. The first-order chi connectivity index (χ1) is 9.22. The van der Waals surface area contributed by atoms with E-state index in [4.69, 9.17) is 16.6 Å². The van der Waals surface area contributed by atoms with Gasteiger partial charge >= 0.3 is 0 Å². The zero-order valence-corrected chi connectivity index (χ0v) is 12.5. The fourth-order valence-electron chi connectivity index (χ4n) is 3.50. The Morgan fingerprint density at radius 2 is 2.11 bits per heavy atom. The van der Waals surface area contributed by atoms with E-state index >= 15 is 0 Å². The summed E-state index contributed by atoms with van der Waals surface area (Å²) < 4.78 is 2.43. The minimum atomic E-state index is 0.497. The number of benzene rings is 1. The van der Waals surface area contributed by atoms with E-state index in [1.165, 1.54) is 36.8 Å². The number of imidazole rings is 1. The molecule has 0 N–H and O–H groups in total. The summed E-state index contributed by atoms with van der Waals surface area (Å²) in [7, 11) is 0. The van der Waals surface area contributed by atoms with Gasteiger partial charge in [0.25, 0.3) is 0 Å².